The van der Waals surface area contributed by atoms with Gasteiger partial charge in [-0.3, -0.25) is 0 Å². The molecule has 0 bridgehead atoms. The van der Waals surface area contributed by atoms with Gasteiger partial charge in [0.05, 0.1) is 18.5 Å². The van der Waals surface area contributed by atoms with Gasteiger partial charge in [0.2, 0.25) is 0 Å². The molecular formula is C17H20N2O2. The predicted octanol–water partition coefficient (Wildman–Crippen LogP) is 2.86. The van der Waals surface area contributed by atoms with Gasteiger partial charge in [0.1, 0.15) is 11.5 Å². The number of likely N-dealkylation sites (N-methyl/N-ethyl adjacent to an activating group) is 1. The summed E-state index contributed by atoms with van der Waals surface area (Å²) in [6, 6.07) is 13.9. The summed E-state index contributed by atoms with van der Waals surface area (Å²) in [7, 11) is 3.71. The Balaban J connectivity index is 1.88. The van der Waals surface area contributed by atoms with E-state index < -0.39 is 0 Å². The molecule has 0 aromatic heterocycles. The highest BCUT2D eigenvalue weighted by atomic mass is 16.5. The van der Waals surface area contributed by atoms with E-state index in [4.69, 9.17) is 4.74 Å². The summed E-state index contributed by atoms with van der Waals surface area (Å²) in [6.07, 6.45) is 0. The van der Waals surface area contributed by atoms with E-state index in [0.717, 1.165) is 18.7 Å². The van der Waals surface area contributed by atoms with Gasteiger partial charge in [0.15, 0.2) is 0 Å². The quantitative estimate of drug-likeness (QED) is 0.940. The number of rotatable bonds is 3. The van der Waals surface area contributed by atoms with Gasteiger partial charge < -0.3 is 19.6 Å². The van der Waals surface area contributed by atoms with Crippen molar-refractivity contribution >= 4 is 11.4 Å². The summed E-state index contributed by atoms with van der Waals surface area (Å²) in [4.78, 5) is 4.57. The van der Waals surface area contributed by atoms with Crippen molar-refractivity contribution in [3.8, 4) is 11.5 Å². The van der Waals surface area contributed by atoms with Gasteiger partial charge in [-0.05, 0) is 24.3 Å². The van der Waals surface area contributed by atoms with E-state index in [-0.39, 0.29) is 5.75 Å². The summed E-state index contributed by atoms with van der Waals surface area (Å²) in [5.41, 5.74) is 3.35. The number of benzene rings is 2. The maximum atomic E-state index is 10.1. The number of ether oxygens (including phenoxy) is 1. The minimum Gasteiger partial charge on any atom is -0.507 e. The first kappa shape index (κ1) is 13.6. The third-order valence-electron chi connectivity index (χ3n) is 3.99. The van der Waals surface area contributed by atoms with Gasteiger partial charge in [-0.2, -0.15) is 0 Å². The molecule has 0 saturated heterocycles. The molecule has 1 N–H and O–H groups in total. The molecule has 0 saturated carbocycles. The first-order chi connectivity index (χ1) is 10.2. The Morgan fingerprint density at radius 2 is 1.86 bits per heavy atom. The molecule has 0 unspecified atom stereocenters. The lowest BCUT2D eigenvalue weighted by molar-refractivity contribution is 0.406. The van der Waals surface area contributed by atoms with Crippen LogP contribution in [0, 0.1) is 0 Å². The number of methoxy groups -OCH3 is 1. The van der Waals surface area contributed by atoms with Crippen LogP contribution in [0.3, 0.4) is 0 Å². The Bertz CT molecular complexity index is 642. The Kier molecular flexibility index (Phi) is 3.60. The maximum Gasteiger partial charge on any atom is 0.124 e. The van der Waals surface area contributed by atoms with Crippen molar-refractivity contribution in [2.24, 2.45) is 0 Å². The van der Waals surface area contributed by atoms with Crippen LogP contribution in [0.2, 0.25) is 0 Å². The zero-order valence-electron chi connectivity index (χ0n) is 12.4. The van der Waals surface area contributed by atoms with Crippen molar-refractivity contribution in [2.75, 3.05) is 37.0 Å². The maximum absolute atomic E-state index is 10.1. The summed E-state index contributed by atoms with van der Waals surface area (Å²) in [5.74, 6) is 0.959. The SMILES string of the molecule is COc1ccc(CN2CCN(C)c3ccccc32)c(O)c1. The number of aromatic hydroxyl groups is 1. The number of hydrogen-bond donors (Lipinski definition) is 1. The molecule has 1 aliphatic heterocycles. The fourth-order valence-corrected chi connectivity index (χ4v) is 2.74. The predicted molar refractivity (Wildman–Crippen MR) is 85.4 cm³/mol. The van der Waals surface area contributed by atoms with Crippen LogP contribution in [0.4, 0.5) is 11.4 Å². The normalized spacial score (nSPS) is 14.0. The van der Waals surface area contributed by atoms with Crippen LogP contribution in [0.15, 0.2) is 42.5 Å². The Morgan fingerprint density at radius 3 is 2.57 bits per heavy atom. The molecule has 110 valence electrons. The fraction of sp³-hybridized carbons (Fsp3) is 0.294. The second kappa shape index (κ2) is 5.56. The van der Waals surface area contributed by atoms with Crippen LogP contribution >= 0.6 is 0 Å². The number of anilines is 2. The van der Waals surface area contributed by atoms with E-state index in [2.05, 4.69) is 41.1 Å². The van der Waals surface area contributed by atoms with E-state index in [0.29, 0.717) is 12.3 Å². The molecule has 4 heteroatoms. The molecule has 2 aromatic carbocycles. The lowest BCUT2D eigenvalue weighted by atomic mass is 10.1. The third kappa shape index (κ3) is 2.61. The van der Waals surface area contributed by atoms with Crippen LogP contribution in [0.1, 0.15) is 5.56 Å². The Labute approximate surface area is 125 Å². The van der Waals surface area contributed by atoms with Crippen LogP contribution in [0.25, 0.3) is 0 Å². The molecule has 0 spiro atoms. The van der Waals surface area contributed by atoms with Gasteiger partial charge in [-0.1, -0.05) is 12.1 Å². The molecule has 0 amide bonds. The topological polar surface area (TPSA) is 35.9 Å². The van der Waals surface area contributed by atoms with Crippen molar-refractivity contribution in [3.05, 3.63) is 48.0 Å². The smallest absolute Gasteiger partial charge is 0.124 e. The number of hydrogen-bond acceptors (Lipinski definition) is 4. The number of para-hydroxylation sites is 2. The highest BCUT2D eigenvalue weighted by Gasteiger charge is 2.20. The number of phenols is 1. The summed E-state index contributed by atoms with van der Waals surface area (Å²) in [6.45, 7) is 2.62. The molecule has 4 nitrogen and oxygen atoms in total. The second-order valence-corrected chi connectivity index (χ2v) is 5.33. The molecule has 0 fully saturated rings. The van der Waals surface area contributed by atoms with Crippen molar-refractivity contribution in [1.82, 2.24) is 0 Å². The van der Waals surface area contributed by atoms with Crippen molar-refractivity contribution < 1.29 is 9.84 Å². The zero-order valence-corrected chi connectivity index (χ0v) is 12.4. The molecule has 0 aliphatic carbocycles. The highest BCUT2D eigenvalue weighted by molar-refractivity contribution is 5.73. The van der Waals surface area contributed by atoms with Crippen molar-refractivity contribution in [1.29, 1.82) is 0 Å². The molecule has 0 atom stereocenters. The van der Waals surface area contributed by atoms with Gasteiger partial charge in [-0.25, -0.2) is 0 Å². The molecule has 2 aromatic rings. The lowest BCUT2D eigenvalue weighted by Gasteiger charge is -2.37. The van der Waals surface area contributed by atoms with Gasteiger partial charge in [0, 0.05) is 38.3 Å². The fourth-order valence-electron chi connectivity index (χ4n) is 2.74. The van der Waals surface area contributed by atoms with Gasteiger partial charge in [0.25, 0.3) is 0 Å². The monoisotopic (exact) mass is 284 g/mol. The van der Waals surface area contributed by atoms with Crippen LogP contribution in [-0.4, -0.2) is 32.4 Å². The summed E-state index contributed by atoms with van der Waals surface area (Å²) >= 11 is 0. The number of phenolic OH excluding ortho intramolecular Hbond substituents is 1. The molecule has 21 heavy (non-hydrogen) atoms. The molecule has 0 radical (unpaired) electrons. The van der Waals surface area contributed by atoms with Crippen molar-refractivity contribution in [2.45, 2.75) is 6.54 Å². The van der Waals surface area contributed by atoms with Crippen LogP contribution < -0.4 is 14.5 Å². The van der Waals surface area contributed by atoms with Gasteiger partial charge >= 0.3 is 0 Å². The number of nitrogens with zero attached hydrogens (tertiary/aromatic N) is 2. The van der Waals surface area contributed by atoms with E-state index >= 15 is 0 Å². The zero-order chi connectivity index (χ0) is 14.8. The summed E-state index contributed by atoms with van der Waals surface area (Å²) in [5, 5.41) is 10.1. The van der Waals surface area contributed by atoms with Crippen LogP contribution in [0.5, 0.6) is 11.5 Å². The van der Waals surface area contributed by atoms with Crippen molar-refractivity contribution in [3.63, 3.8) is 0 Å². The minimum absolute atomic E-state index is 0.283. The van der Waals surface area contributed by atoms with E-state index in [1.54, 1.807) is 13.2 Å². The van der Waals surface area contributed by atoms with E-state index in [9.17, 15) is 5.11 Å². The first-order valence-electron chi connectivity index (χ1n) is 7.10. The summed E-state index contributed by atoms with van der Waals surface area (Å²) < 4.78 is 5.13. The molecule has 1 heterocycles. The van der Waals surface area contributed by atoms with Crippen LogP contribution in [-0.2, 0) is 6.54 Å². The number of fused-ring (bicyclic) bond motifs is 1. The standard InChI is InChI=1S/C17H20N2O2/c1-18-9-10-19(16-6-4-3-5-15(16)18)12-13-7-8-14(21-2)11-17(13)20/h3-8,11,20H,9-10,12H2,1-2H3. The highest BCUT2D eigenvalue weighted by Crippen LogP contribution is 2.34. The average Bonchev–Trinajstić information content (AvgIpc) is 2.52. The second-order valence-electron chi connectivity index (χ2n) is 5.33. The largest absolute Gasteiger partial charge is 0.507 e. The Morgan fingerprint density at radius 1 is 1.10 bits per heavy atom. The lowest BCUT2D eigenvalue weighted by Crippen LogP contribution is -2.38. The van der Waals surface area contributed by atoms with E-state index in [1.165, 1.54) is 11.4 Å². The minimum atomic E-state index is 0.283. The Hall–Kier alpha value is -2.36. The molecule has 3 rings (SSSR count). The molecule has 1 aliphatic rings. The van der Waals surface area contributed by atoms with E-state index in [1.807, 2.05) is 12.1 Å². The third-order valence-corrected chi connectivity index (χ3v) is 3.99. The van der Waals surface area contributed by atoms with Gasteiger partial charge in [-0.15, -0.1) is 0 Å². The average molecular weight is 284 g/mol. The first-order valence-corrected chi connectivity index (χ1v) is 7.10. The molecular weight excluding hydrogens is 264 g/mol.